The Morgan fingerprint density at radius 3 is 2.36 bits per heavy atom. The fourth-order valence-electron chi connectivity index (χ4n) is 1.30. The number of hydrogen-bond acceptors (Lipinski definition) is 1. The lowest BCUT2D eigenvalue weighted by Gasteiger charge is -2.10. The fraction of sp³-hybridized carbons (Fsp3) is 0.455. The SMILES string of the molecule is CCCC[C@H](N)c1ccc(F)cc1.Cl. The number of nitrogens with two attached hydrogens (primary N) is 1. The van der Waals surface area contributed by atoms with E-state index in [2.05, 4.69) is 6.92 Å². The van der Waals surface area contributed by atoms with Gasteiger partial charge in [0.2, 0.25) is 0 Å². The standard InChI is InChI=1S/C11H16FN.ClH/c1-2-3-4-11(13)9-5-7-10(12)8-6-9;/h5-8,11H,2-4,13H2,1H3;1H/t11-;/m0./s1. The lowest BCUT2D eigenvalue weighted by atomic mass is 10.0. The van der Waals surface area contributed by atoms with Gasteiger partial charge in [-0.1, -0.05) is 31.9 Å². The van der Waals surface area contributed by atoms with Crippen molar-refractivity contribution in [2.75, 3.05) is 0 Å². The smallest absolute Gasteiger partial charge is 0.123 e. The highest BCUT2D eigenvalue weighted by atomic mass is 35.5. The molecule has 0 saturated heterocycles. The Labute approximate surface area is 90.9 Å². The molecule has 1 aromatic carbocycles. The zero-order valence-electron chi connectivity index (χ0n) is 8.37. The maximum absolute atomic E-state index is 12.6. The molecule has 1 nitrogen and oxygen atoms in total. The fourth-order valence-corrected chi connectivity index (χ4v) is 1.30. The van der Waals surface area contributed by atoms with E-state index in [-0.39, 0.29) is 24.3 Å². The molecule has 3 heteroatoms. The number of benzene rings is 1. The molecular formula is C11H17ClFN. The van der Waals surface area contributed by atoms with Crippen LogP contribution in [-0.4, -0.2) is 0 Å². The summed E-state index contributed by atoms with van der Waals surface area (Å²) in [6.07, 6.45) is 3.25. The van der Waals surface area contributed by atoms with Crippen molar-refractivity contribution in [2.24, 2.45) is 5.73 Å². The molecule has 0 aliphatic rings. The first-order chi connectivity index (χ1) is 6.24. The summed E-state index contributed by atoms with van der Waals surface area (Å²) in [5, 5.41) is 0. The van der Waals surface area contributed by atoms with Gasteiger partial charge in [0, 0.05) is 6.04 Å². The van der Waals surface area contributed by atoms with Crippen LogP contribution in [0, 0.1) is 5.82 Å². The molecule has 0 aliphatic carbocycles. The molecule has 0 fully saturated rings. The van der Waals surface area contributed by atoms with Crippen LogP contribution in [-0.2, 0) is 0 Å². The lowest BCUT2D eigenvalue weighted by Crippen LogP contribution is -2.09. The second kappa shape index (κ2) is 6.80. The maximum Gasteiger partial charge on any atom is 0.123 e. The molecule has 0 spiro atoms. The predicted octanol–water partition coefficient (Wildman–Crippen LogP) is 3.44. The molecule has 1 aromatic rings. The molecule has 1 atom stereocenters. The maximum atomic E-state index is 12.6. The average molecular weight is 218 g/mol. The zero-order chi connectivity index (χ0) is 9.68. The molecule has 0 aromatic heterocycles. The van der Waals surface area contributed by atoms with Gasteiger partial charge >= 0.3 is 0 Å². The van der Waals surface area contributed by atoms with Gasteiger partial charge in [0.1, 0.15) is 5.82 Å². The first-order valence-corrected chi connectivity index (χ1v) is 4.75. The molecule has 0 saturated carbocycles. The molecule has 0 radical (unpaired) electrons. The Balaban J connectivity index is 0.00000169. The van der Waals surface area contributed by atoms with Crippen LogP contribution < -0.4 is 5.73 Å². The van der Waals surface area contributed by atoms with Crippen molar-refractivity contribution in [1.29, 1.82) is 0 Å². The van der Waals surface area contributed by atoms with Gasteiger partial charge in [0.25, 0.3) is 0 Å². The first kappa shape index (κ1) is 13.4. The zero-order valence-corrected chi connectivity index (χ0v) is 9.19. The van der Waals surface area contributed by atoms with E-state index in [0.29, 0.717) is 0 Å². The van der Waals surface area contributed by atoms with Crippen molar-refractivity contribution < 1.29 is 4.39 Å². The van der Waals surface area contributed by atoms with Crippen LogP contribution in [0.4, 0.5) is 4.39 Å². The van der Waals surface area contributed by atoms with E-state index in [1.807, 2.05) is 0 Å². The molecule has 0 aliphatic heterocycles. The first-order valence-electron chi connectivity index (χ1n) is 4.75. The van der Waals surface area contributed by atoms with E-state index in [0.717, 1.165) is 24.8 Å². The van der Waals surface area contributed by atoms with Gasteiger partial charge in [-0.2, -0.15) is 0 Å². The average Bonchev–Trinajstić information content (AvgIpc) is 2.15. The van der Waals surface area contributed by atoms with Crippen LogP contribution in [0.1, 0.15) is 37.8 Å². The van der Waals surface area contributed by atoms with Gasteiger partial charge in [0.05, 0.1) is 0 Å². The quantitative estimate of drug-likeness (QED) is 0.822. The van der Waals surface area contributed by atoms with Gasteiger partial charge in [-0.3, -0.25) is 0 Å². The topological polar surface area (TPSA) is 26.0 Å². The second-order valence-electron chi connectivity index (χ2n) is 3.30. The molecule has 1 rings (SSSR count). The minimum Gasteiger partial charge on any atom is -0.324 e. The molecule has 0 heterocycles. The van der Waals surface area contributed by atoms with E-state index in [1.54, 1.807) is 12.1 Å². The van der Waals surface area contributed by atoms with E-state index in [1.165, 1.54) is 12.1 Å². The second-order valence-corrected chi connectivity index (χ2v) is 3.30. The highest BCUT2D eigenvalue weighted by molar-refractivity contribution is 5.85. The third kappa shape index (κ3) is 4.07. The van der Waals surface area contributed by atoms with Gasteiger partial charge in [-0.15, -0.1) is 12.4 Å². The van der Waals surface area contributed by atoms with Crippen LogP contribution in [0.3, 0.4) is 0 Å². The third-order valence-corrected chi connectivity index (χ3v) is 2.17. The molecule has 80 valence electrons. The highest BCUT2D eigenvalue weighted by Crippen LogP contribution is 2.16. The van der Waals surface area contributed by atoms with Crippen molar-refractivity contribution in [3.63, 3.8) is 0 Å². The summed E-state index contributed by atoms with van der Waals surface area (Å²) in [6.45, 7) is 2.14. The molecule has 0 bridgehead atoms. The Morgan fingerprint density at radius 1 is 1.29 bits per heavy atom. The Morgan fingerprint density at radius 2 is 1.86 bits per heavy atom. The molecule has 2 N–H and O–H groups in total. The van der Waals surface area contributed by atoms with Crippen molar-refractivity contribution in [3.05, 3.63) is 35.6 Å². The molecular weight excluding hydrogens is 201 g/mol. The third-order valence-electron chi connectivity index (χ3n) is 2.17. The molecule has 0 unspecified atom stereocenters. The Hall–Kier alpha value is -0.600. The lowest BCUT2D eigenvalue weighted by molar-refractivity contribution is 0.597. The van der Waals surface area contributed by atoms with Gasteiger partial charge < -0.3 is 5.73 Å². The minimum atomic E-state index is -0.202. The van der Waals surface area contributed by atoms with Crippen LogP contribution in [0.2, 0.25) is 0 Å². The molecule has 0 amide bonds. The Kier molecular flexibility index (Phi) is 6.50. The van der Waals surface area contributed by atoms with Gasteiger partial charge in [-0.05, 0) is 24.1 Å². The van der Waals surface area contributed by atoms with Crippen LogP contribution in [0.5, 0.6) is 0 Å². The summed E-state index contributed by atoms with van der Waals surface area (Å²) in [6, 6.07) is 6.49. The largest absolute Gasteiger partial charge is 0.324 e. The van der Waals surface area contributed by atoms with Crippen LogP contribution >= 0.6 is 12.4 Å². The van der Waals surface area contributed by atoms with Crippen LogP contribution in [0.15, 0.2) is 24.3 Å². The number of halogens is 2. The van der Waals surface area contributed by atoms with E-state index in [9.17, 15) is 4.39 Å². The van der Waals surface area contributed by atoms with Crippen molar-refractivity contribution in [3.8, 4) is 0 Å². The number of unbranched alkanes of at least 4 members (excludes halogenated alkanes) is 1. The Bertz CT molecular complexity index is 248. The van der Waals surface area contributed by atoms with E-state index in [4.69, 9.17) is 5.73 Å². The minimum absolute atomic E-state index is 0. The van der Waals surface area contributed by atoms with Crippen molar-refractivity contribution >= 4 is 12.4 Å². The summed E-state index contributed by atoms with van der Waals surface area (Å²) >= 11 is 0. The summed E-state index contributed by atoms with van der Waals surface area (Å²) in [4.78, 5) is 0. The van der Waals surface area contributed by atoms with E-state index >= 15 is 0 Å². The highest BCUT2D eigenvalue weighted by Gasteiger charge is 2.04. The summed E-state index contributed by atoms with van der Waals surface area (Å²) < 4.78 is 12.6. The van der Waals surface area contributed by atoms with E-state index < -0.39 is 0 Å². The summed E-state index contributed by atoms with van der Waals surface area (Å²) in [7, 11) is 0. The summed E-state index contributed by atoms with van der Waals surface area (Å²) in [5.74, 6) is -0.202. The predicted molar refractivity (Wildman–Crippen MR) is 60.1 cm³/mol. The number of rotatable bonds is 4. The van der Waals surface area contributed by atoms with Gasteiger partial charge in [-0.25, -0.2) is 4.39 Å². The summed E-state index contributed by atoms with van der Waals surface area (Å²) in [5.41, 5.74) is 6.93. The van der Waals surface area contributed by atoms with Crippen molar-refractivity contribution in [2.45, 2.75) is 32.2 Å². The van der Waals surface area contributed by atoms with Crippen LogP contribution in [0.25, 0.3) is 0 Å². The number of hydrogen-bond donors (Lipinski definition) is 1. The molecule has 14 heavy (non-hydrogen) atoms. The normalized spacial score (nSPS) is 11.9. The van der Waals surface area contributed by atoms with Crippen molar-refractivity contribution in [1.82, 2.24) is 0 Å². The van der Waals surface area contributed by atoms with Gasteiger partial charge in [0.15, 0.2) is 0 Å². The monoisotopic (exact) mass is 217 g/mol.